The van der Waals surface area contributed by atoms with E-state index in [0.717, 1.165) is 0 Å². The van der Waals surface area contributed by atoms with Crippen LogP contribution in [0.2, 0.25) is 0 Å². The molecule has 0 aromatic carbocycles. The van der Waals surface area contributed by atoms with Crippen molar-refractivity contribution in [3.8, 4) is 0 Å². The Morgan fingerprint density at radius 3 is 1.67 bits per heavy atom. The van der Waals surface area contributed by atoms with Gasteiger partial charge in [-0.3, -0.25) is 9.35 Å². The Kier molecular flexibility index (Phi) is 6.87. The second-order valence-electron chi connectivity index (χ2n) is 0.976. The van der Waals surface area contributed by atoms with Crippen LogP contribution in [-0.4, -0.2) is 30.3 Å². The topological polar surface area (TPSA) is 91.7 Å². The third kappa shape index (κ3) is 37.7. The summed E-state index contributed by atoms with van der Waals surface area (Å²) in [6.07, 6.45) is 0. The lowest BCUT2D eigenvalue weighted by Crippen LogP contribution is -1.97. The number of carboxylic acid groups (broad SMARTS) is 1. The normalized spacial score (nSPS) is 9.11. The molecule has 0 spiro atoms. The van der Waals surface area contributed by atoms with E-state index in [-0.39, 0.29) is 12.2 Å². The highest BCUT2D eigenvalue weighted by Crippen LogP contribution is 1.74. The summed E-state index contributed by atoms with van der Waals surface area (Å²) in [5, 5.41) is 6.89. The summed E-state index contributed by atoms with van der Waals surface area (Å²) in [6.45, 7) is 1.12. The van der Waals surface area contributed by atoms with Crippen LogP contribution in [0, 0.1) is 0 Å². The van der Waals surface area contributed by atoms with Crippen molar-refractivity contribution in [2.75, 3.05) is 5.75 Å². The molecule has 0 heterocycles. The maximum atomic E-state index is 9.56. The van der Waals surface area contributed by atoms with E-state index in [1.165, 1.54) is 6.92 Å². The van der Waals surface area contributed by atoms with E-state index >= 15 is 0 Å². The molecule has 5 nitrogen and oxygen atoms in total. The monoisotopic (exact) mass is 156 g/mol. The van der Waals surface area contributed by atoms with Gasteiger partial charge in [-0.2, -0.15) is 8.42 Å². The molecule has 0 aliphatic rings. The van der Waals surface area contributed by atoms with Crippen LogP contribution in [0.4, 0.5) is 0 Å². The lowest BCUT2D eigenvalue weighted by molar-refractivity contribution is -0.122. The molecule has 0 aliphatic carbocycles. The van der Waals surface area contributed by atoms with E-state index < -0.39 is 10.1 Å². The van der Waals surface area contributed by atoms with Crippen LogP contribution in [0.25, 0.3) is 0 Å². The first-order valence-electron chi connectivity index (χ1n) is 2.01. The summed E-state index contributed by atoms with van der Waals surface area (Å²) >= 11 is 0. The average molecular weight is 156 g/mol. The smallest absolute Gasteiger partial charge is 0.290 e. The molecule has 56 valence electrons. The van der Waals surface area contributed by atoms with Crippen molar-refractivity contribution < 1.29 is 22.9 Å². The van der Waals surface area contributed by atoms with Gasteiger partial charge in [0.05, 0.1) is 5.75 Å². The van der Waals surface area contributed by atoms with E-state index in [9.17, 15) is 8.42 Å². The van der Waals surface area contributed by atoms with Crippen LogP contribution in [0.3, 0.4) is 0 Å². The van der Waals surface area contributed by atoms with Crippen LogP contribution in [0.1, 0.15) is 6.92 Å². The fourth-order valence-electron chi connectivity index (χ4n) is 0. The molecular weight excluding hydrogens is 148 g/mol. The van der Waals surface area contributed by atoms with Crippen LogP contribution in [-0.2, 0) is 14.9 Å². The largest absolute Gasteiger partial charge is 0.483 e. The molecule has 0 atom stereocenters. The maximum absolute atomic E-state index is 9.56. The quantitative estimate of drug-likeness (QED) is 0.398. The molecule has 0 aliphatic heterocycles. The molecule has 6 heteroatoms. The average Bonchev–Trinajstić information content (AvgIpc) is 1.67. The third-order valence-corrected chi connectivity index (χ3v) is 1.09. The van der Waals surface area contributed by atoms with Gasteiger partial charge in [0.15, 0.2) is 0 Å². The molecule has 0 radical (unpaired) electrons. The summed E-state index contributed by atoms with van der Waals surface area (Å²) in [4.78, 5) is 8.36. The van der Waals surface area contributed by atoms with Crippen molar-refractivity contribution in [3.63, 3.8) is 0 Å². The van der Waals surface area contributed by atoms with Crippen LogP contribution in [0.5, 0.6) is 0 Å². The first-order valence-corrected chi connectivity index (χ1v) is 3.61. The second kappa shape index (κ2) is 5.52. The Balaban J connectivity index is 0. The zero-order chi connectivity index (χ0) is 7.91. The second-order valence-corrected chi connectivity index (χ2v) is 2.72. The van der Waals surface area contributed by atoms with E-state index in [0.29, 0.717) is 0 Å². The van der Waals surface area contributed by atoms with Crippen LogP contribution >= 0.6 is 0 Å². The van der Waals surface area contributed by atoms with Gasteiger partial charge in [0.25, 0.3) is 16.6 Å². The lowest BCUT2D eigenvalue weighted by Gasteiger charge is -1.79. The Bertz CT molecular complexity index is 146. The zero-order valence-corrected chi connectivity index (χ0v) is 5.63. The van der Waals surface area contributed by atoms with Crippen LogP contribution < -0.4 is 0 Å². The highest BCUT2D eigenvalue weighted by molar-refractivity contribution is 7.85. The standard InChI is InChI=1S/C2H6O3S.CH2O2/c1-2-6(3,4)5;2-1-3/h2H2,1H3,(H,3,4,5);1H,(H,2,3). The Hall–Kier alpha value is -0.620. The van der Waals surface area contributed by atoms with E-state index in [2.05, 4.69) is 0 Å². The highest BCUT2D eigenvalue weighted by atomic mass is 32.2. The van der Waals surface area contributed by atoms with E-state index in [4.69, 9.17) is 14.5 Å². The van der Waals surface area contributed by atoms with Gasteiger partial charge in [0, 0.05) is 0 Å². The SMILES string of the molecule is CCS(=O)(=O)O.O=CO. The number of rotatable bonds is 1. The summed E-state index contributed by atoms with van der Waals surface area (Å²) in [6, 6.07) is 0. The van der Waals surface area contributed by atoms with Gasteiger partial charge in [-0.1, -0.05) is 0 Å². The Labute approximate surface area is 53.1 Å². The molecule has 9 heavy (non-hydrogen) atoms. The van der Waals surface area contributed by atoms with Crippen molar-refractivity contribution in [3.05, 3.63) is 0 Å². The molecule has 0 unspecified atom stereocenters. The number of hydrogen-bond acceptors (Lipinski definition) is 3. The van der Waals surface area contributed by atoms with Crippen molar-refractivity contribution in [1.82, 2.24) is 0 Å². The van der Waals surface area contributed by atoms with Crippen molar-refractivity contribution in [1.29, 1.82) is 0 Å². The summed E-state index contributed by atoms with van der Waals surface area (Å²) < 4.78 is 26.9. The summed E-state index contributed by atoms with van der Waals surface area (Å²) in [5.41, 5.74) is 0. The van der Waals surface area contributed by atoms with Crippen molar-refractivity contribution in [2.45, 2.75) is 6.92 Å². The highest BCUT2D eigenvalue weighted by Gasteiger charge is 1.93. The molecule has 0 amide bonds. The zero-order valence-electron chi connectivity index (χ0n) is 4.81. The maximum Gasteiger partial charge on any atom is 0.290 e. The van der Waals surface area contributed by atoms with Crippen LogP contribution in [0.15, 0.2) is 0 Å². The predicted octanol–water partition coefficient (Wildman–Crippen LogP) is -0.405. The summed E-state index contributed by atoms with van der Waals surface area (Å²) in [7, 11) is -3.66. The third-order valence-electron chi connectivity index (χ3n) is 0.365. The Morgan fingerprint density at radius 1 is 1.56 bits per heavy atom. The predicted molar refractivity (Wildman–Crippen MR) is 30.8 cm³/mol. The number of carbonyl (C=O) groups is 1. The van der Waals surface area contributed by atoms with Gasteiger partial charge in [0.2, 0.25) is 0 Å². The molecule has 0 bridgehead atoms. The molecule has 0 fully saturated rings. The van der Waals surface area contributed by atoms with Gasteiger partial charge >= 0.3 is 0 Å². The molecule has 0 saturated heterocycles. The molecule has 0 rings (SSSR count). The van der Waals surface area contributed by atoms with E-state index in [1.54, 1.807) is 0 Å². The van der Waals surface area contributed by atoms with Crippen molar-refractivity contribution >= 4 is 16.6 Å². The molecule has 2 N–H and O–H groups in total. The van der Waals surface area contributed by atoms with E-state index in [1.807, 2.05) is 0 Å². The molecule has 0 aromatic rings. The van der Waals surface area contributed by atoms with Gasteiger partial charge in [0.1, 0.15) is 0 Å². The lowest BCUT2D eigenvalue weighted by atomic mass is 11.0. The van der Waals surface area contributed by atoms with Gasteiger partial charge in [-0.25, -0.2) is 0 Å². The first kappa shape index (κ1) is 11.2. The Morgan fingerprint density at radius 2 is 1.67 bits per heavy atom. The van der Waals surface area contributed by atoms with Gasteiger partial charge < -0.3 is 5.11 Å². The minimum atomic E-state index is -3.66. The fourth-order valence-corrected chi connectivity index (χ4v) is 0. The minimum Gasteiger partial charge on any atom is -0.483 e. The minimum absolute atomic E-state index is 0.201. The van der Waals surface area contributed by atoms with Gasteiger partial charge in [-0.15, -0.1) is 0 Å². The molecular formula is C3H8O5S. The molecule has 0 aromatic heterocycles. The van der Waals surface area contributed by atoms with Crippen molar-refractivity contribution in [2.24, 2.45) is 0 Å². The fraction of sp³-hybridized carbons (Fsp3) is 0.667. The number of hydrogen-bond donors (Lipinski definition) is 2. The molecule has 0 saturated carbocycles. The summed E-state index contributed by atoms with van der Waals surface area (Å²) in [5.74, 6) is -0.201. The first-order chi connectivity index (χ1) is 3.97. The van der Waals surface area contributed by atoms with Gasteiger partial charge in [-0.05, 0) is 6.92 Å².